The molecule has 6 heteroatoms. The van der Waals surface area contributed by atoms with Crippen LogP contribution in [0.5, 0.6) is 11.5 Å². The molecular formula is C17H27ClN2O3. The van der Waals surface area contributed by atoms with Crippen LogP contribution in [0, 0.1) is 0 Å². The Bertz CT molecular complexity index is 467. The Balaban J connectivity index is 0.00000264. The summed E-state index contributed by atoms with van der Waals surface area (Å²) in [5.74, 6) is 1.58. The van der Waals surface area contributed by atoms with Crippen molar-refractivity contribution in [1.82, 2.24) is 10.2 Å². The highest BCUT2D eigenvalue weighted by atomic mass is 35.5. The highest BCUT2D eigenvalue weighted by Gasteiger charge is 2.28. The number of nitrogens with one attached hydrogen (secondary N) is 1. The van der Waals surface area contributed by atoms with Gasteiger partial charge in [-0.05, 0) is 50.6 Å². The van der Waals surface area contributed by atoms with Crippen LogP contribution in [-0.4, -0.2) is 50.2 Å². The number of hydrogen-bond donors (Lipinski definition) is 1. The van der Waals surface area contributed by atoms with Gasteiger partial charge in [-0.15, -0.1) is 12.4 Å². The van der Waals surface area contributed by atoms with E-state index in [4.69, 9.17) is 9.47 Å². The number of hydrogen-bond acceptors (Lipinski definition) is 4. The van der Waals surface area contributed by atoms with Gasteiger partial charge in [-0.1, -0.05) is 6.92 Å². The zero-order valence-corrected chi connectivity index (χ0v) is 14.7. The minimum absolute atomic E-state index is 0. The van der Waals surface area contributed by atoms with Crippen LogP contribution in [-0.2, 0) is 4.79 Å². The predicted octanol–water partition coefficient (Wildman–Crippen LogP) is 2.49. The highest BCUT2D eigenvalue weighted by molar-refractivity contribution is 5.85. The van der Waals surface area contributed by atoms with Gasteiger partial charge in [0.25, 0.3) is 5.91 Å². The van der Waals surface area contributed by atoms with E-state index in [2.05, 4.69) is 12.2 Å². The molecule has 0 spiro atoms. The van der Waals surface area contributed by atoms with Crippen molar-refractivity contribution in [3.63, 3.8) is 0 Å². The van der Waals surface area contributed by atoms with Crippen LogP contribution in [0.4, 0.5) is 0 Å². The smallest absolute Gasteiger partial charge is 0.260 e. The fourth-order valence-corrected chi connectivity index (χ4v) is 2.69. The van der Waals surface area contributed by atoms with E-state index < -0.39 is 0 Å². The molecule has 0 bridgehead atoms. The van der Waals surface area contributed by atoms with Crippen molar-refractivity contribution in [2.24, 2.45) is 0 Å². The lowest BCUT2D eigenvalue weighted by Gasteiger charge is -2.24. The van der Waals surface area contributed by atoms with Crippen LogP contribution in [0.25, 0.3) is 0 Å². The van der Waals surface area contributed by atoms with Gasteiger partial charge in [0.1, 0.15) is 11.5 Å². The molecule has 1 atom stereocenters. The first-order valence-corrected chi connectivity index (χ1v) is 8.04. The molecular weight excluding hydrogens is 316 g/mol. The molecule has 1 amide bonds. The Morgan fingerprint density at radius 3 is 2.52 bits per heavy atom. The number of carbonyl (C=O) groups is 1. The number of amides is 1. The number of carbonyl (C=O) groups excluding carboxylic acids is 1. The average Bonchev–Trinajstić information content (AvgIpc) is 3.00. The normalized spacial score (nSPS) is 16.8. The molecule has 1 fully saturated rings. The molecule has 0 saturated carbocycles. The van der Waals surface area contributed by atoms with Crippen LogP contribution in [0.2, 0.25) is 0 Å². The van der Waals surface area contributed by atoms with Crippen molar-refractivity contribution in [2.45, 2.75) is 32.2 Å². The fraction of sp³-hybridized carbons (Fsp3) is 0.588. The van der Waals surface area contributed by atoms with Gasteiger partial charge in [0, 0.05) is 19.1 Å². The van der Waals surface area contributed by atoms with Gasteiger partial charge in [-0.25, -0.2) is 0 Å². The maximum absolute atomic E-state index is 12.3. The minimum Gasteiger partial charge on any atom is -0.494 e. The van der Waals surface area contributed by atoms with Crippen molar-refractivity contribution in [2.75, 3.05) is 33.4 Å². The predicted molar refractivity (Wildman–Crippen MR) is 93.6 cm³/mol. The van der Waals surface area contributed by atoms with Gasteiger partial charge >= 0.3 is 0 Å². The van der Waals surface area contributed by atoms with Crippen molar-refractivity contribution < 1.29 is 14.3 Å². The third kappa shape index (κ3) is 5.92. The van der Waals surface area contributed by atoms with E-state index in [-0.39, 0.29) is 24.9 Å². The third-order valence-electron chi connectivity index (χ3n) is 3.80. The SMILES string of the molecule is CCCOc1ccc(OCC(=O)N2CCCC2CNC)cc1.Cl. The van der Waals surface area contributed by atoms with Crippen LogP contribution in [0.1, 0.15) is 26.2 Å². The minimum atomic E-state index is 0. The van der Waals surface area contributed by atoms with Crippen molar-refractivity contribution in [1.29, 1.82) is 0 Å². The van der Waals surface area contributed by atoms with Gasteiger partial charge < -0.3 is 19.7 Å². The second-order valence-corrected chi connectivity index (χ2v) is 5.55. The number of likely N-dealkylation sites (N-methyl/N-ethyl adjacent to an activating group) is 1. The molecule has 1 saturated heterocycles. The van der Waals surface area contributed by atoms with Crippen LogP contribution >= 0.6 is 12.4 Å². The van der Waals surface area contributed by atoms with E-state index in [0.29, 0.717) is 18.4 Å². The van der Waals surface area contributed by atoms with Crippen molar-refractivity contribution in [3.8, 4) is 11.5 Å². The summed E-state index contributed by atoms with van der Waals surface area (Å²) in [6.07, 6.45) is 3.12. The lowest BCUT2D eigenvalue weighted by atomic mass is 10.2. The van der Waals surface area contributed by atoms with Crippen molar-refractivity contribution >= 4 is 18.3 Å². The van der Waals surface area contributed by atoms with Crippen LogP contribution in [0.3, 0.4) is 0 Å². The quantitative estimate of drug-likeness (QED) is 0.788. The van der Waals surface area contributed by atoms with Gasteiger partial charge in [0.05, 0.1) is 6.61 Å². The van der Waals surface area contributed by atoms with E-state index >= 15 is 0 Å². The topological polar surface area (TPSA) is 50.8 Å². The molecule has 1 aliphatic rings. The lowest BCUT2D eigenvalue weighted by molar-refractivity contribution is -0.134. The number of ether oxygens (including phenoxy) is 2. The molecule has 5 nitrogen and oxygen atoms in total. The molecule has 1 aromatic carbocycles. The summed E-state index contributed by atoms with van der Waals surface area (Å²) in [4.78, 5) is 14.2. The van der Waals surface area contributed by atoms with E-state index in [9.17, 15) is 4.79 Å². The average molecular weight is 343 g/mol. The molecule has 1 aromatic rings. The van der Waals surface area contributed by atoms with E-state index in [0.717, 1.165) is 38.1 Å². The number of rotatable bonds is 8. The Morgan fingerprint density at radius 2 is 1.91 bits per heavy atom. The third-order valence-corrected chi connectivity index (χ3v) is 3.80. The Morgan fingerprint density at radius 1 is 1.26 bits per heavy atom. The standard InChI is InChI=1S/C17H26N2O3.ClH/c1-3-11-21-15-6-8-16(9-7-15)22-13-17(20)19-10-4-5-14(19)12-18-2;/h6-9,14,18H,3-5,10-13H2,1-2H3;1H. The zero-order valence-electron chi connectivity index (χ0n) is 13.9. The molecule has 1 aliphatic heterocycles. The Labute approximate surface area is 144 Å². The maximum atomic E-state index is 12.3. The summed E-state index contributed by atoms with van der Waals surface area (Å²) >= 11 is 0. The first-order valence-electron chi connectivity index (χ1n) is 8.04. The summed E-state index contributed by atoms with van der Waals surface area (Å²) in [6, 6.07) is 7.72. The second kappa shape index (κ2) is 10.3. The van der Waals surface area contributed by atoms with Gasteiger partial charge in [-0.3, -0.25) is 4.79 Å². The van der Waals surface area contributed by atoms with Gasteiger partial charge in [-0.2, -0.15) is 0 Å². The molecule has 23 heavy (non-hydrogen) atoms. The second-order valence-electron chi connectivity index (χ2n) is 5.55. The summed E-state index contributed by atoms with van der Waals surface area (Å²) in [5.41, 5.74) is 0. The molecule has 1 heterocycles. The first kappa shape index (κ1) is 19.6. The van der Waals surface area contributed by atoms with Crippen LogP contribution in [0.15, 0.2) is 24.3 Å². The molecule has 0 aromatic heterocycles. The summed E-state index contributed by atoms with van der Waals surface area (Å²) in [7, 11) is 1.92. The number of nitrogens with zero attached hydrogens (tertiary/aromatic N) is 1. The monoisotopic (exact) mass is 342 g/mol. The van der Waals surface area contributed by atoms with Crippen molar-refractivity contribution in [3.05, 3.63) is 24.3 Å². The Hall–Kier alpha value is -1.46. The van der Waals surface area contributed by atoms with Crippen LogP contribution < -0.4 is 14.8 Å². The molecule has 1 unspecified atom stereocenters. The molecule has 0 radical (unpaired) electrons. The number of likely N-dealkylation sites (tertiary alicyclic amines) is 1. The summed E-state index contributed by atoms with van der Waals surface area (Å²) in [5, 5.41) is 3.14. The van der Waals surface area contributed by atoms with E-state index in [1.165, 1.54) is 0 Å². The number of halogens is 1. The van der Waals surface area contributed by atoms with Gasteiger partial charge in [0.2, 0.25) is 0 Å². The summed E-state index contributed by atoms with van der Waals surface area (Å²) < 4.78 is 11.1. The van der Waals surface area contributed by atoms with E-state index in [1.807, 2.05) is 36.2 Å². The molecule has 2 rings (SSSR count). The fourth-order valence-electron chi connectivity index (χ4n) is 2.69. The van der Waals surface area contributed by atoms with Gasteiger partial charge in [0.15, 0.2) is 6.61 Å². The zero-order chi connectivity index (χ0) is 15.8. The maximum Gasteiger partial charge on any atom is 0.260 e. The largest absolute Gasteiger partial charge is 0.494 e. The Kier molecular flexibility index (Phi) is 8.81. The first-order chi connectivity index (χ1) is 10.7. The molecule has 0 aliphatic carbocycles. The lowest BCUT2D eigenvalue weighted by Crippen LogP contribution is -2.43. The highest BCUT2D eigenvalue weighted by Crippen LogP contribution is 2.19. The summed E-state index contributed by atoms with van der Waals surface area (Å²) in [6.45, 7) is 4.55. The van der Waals surface area contributed by atoms with E-state index in [1.54, 1.807) is 0 Å². The molecule has 130 valence electrons. The number of benzene rings is 1. The molecule has 1 N–H and O–H groups in total.